The first kappa shape index (κ1) is 11.9. The highest BCUT2D eigenvalue weighted by Gasteiger charge is 2.25. The summed E-state index contributed by atoms with van der Waals surface area (Å²) >= 11 is 5.87. The zero-order valence-corrected chi connectivity index (χ0v) is 10.5. The Labute approximate surface area is 102 Å². The largest absolute Gasteiger partial charge is 0.377 e. The van der Waals surface area contributed by atoms with Crippen molar-refractivity contribution in [1.82, 2.24) is 5.32 Å². The van der Waals surface area contributed by atoms with Gasteiger partial charge >= 0.3 is 0 Å². The predicted molar refractivity (Wildman–Crippen MR) is 66.8 cm³/mol. The van der Waals surface area contributed by atoms with Crippen LogP contribution < -0.4 is 5.32 Å². The fraction of sp³-hybridized carbons (Fsp3) is 0.538. The molecule has 1 aromatic carbocycles. The summed E-state index contributed by atoms with van der Waals surface area (Å²) in [5.74, 6) is 0. The molecule has 1 aliphatic rings. The van der Waals surface area contributed by atoms with Gasteiger partial charge in [0.15, 0.2) is 0 Å². The van der Waals surface area contributed by atoms with Crippen LogP contribution in [0.25, 0.3) is 0 Å². The lowest BCUT2D eigenvalue weighted by Gasteiger charge is -2.22. The van der Waals surface area contributed by atoms with Gasteiger partial charge in [-0.15, -0.1) is 0 Å². The van der Waals surface area contributed by atoms with E-state index in [-0.39, 0.29) is 0 Å². The lowest BCUT2D eigenvalue weighted by Crippen LogP contribution is -2.36. The normalized spacial score (nSPS) is 26.9. The zero-order chi connectivity index (χ0) is 11.5. The monoisotopic (exact) mass is 239 g/mol. The molecule has 88 valence electrons. The van der Waals surface area contributed by atoms with E-state index in [0.29, 0.717) is 18.2 Å². The zero-order valence-electron chi connectivity index (χ0n) is 9.74. The van der Waals surface area contributed by atoms with E-state index in [9.17, 15) is 0 Å². The molecule has 1 saturated heterocycles. The van der Waals surface area contributed by atoms with Gasteiger partial charge in [-0.05, 0) is 38.0 Å². The smallest absolute Gasteiger partial charge is 0.0700 e. The number of hydrogen-bond acceptors (Lipinski definition) is 2. The van der Waals surface area contributed by atoms with Gasteiger partial charge in [0, 0.05) is 23.7 Å². The van der Waals surface area contributed by atoms with Crippen LogP contribution in [-0.4, -0.2) is 18.8 Å². The molecule has 16 heavy (non-hydrogen) atoms. The number of hydrogen-bond donors (Lipinski definition) is 1. The number of nitrogens with one attached hydrogen (secondary N) is 1. The van der Waals surface area contributed by atoms with E-state index in [2.05, 4.69) is 31.3 Å². The van der Waals surface area contributed by atoms with E-state index in [4.69, 9.17) is 16.3 Å². The molecule has 0 saturated carbocycles. The molecule has 1 heterocycles. The maximum atomic E-state index is 5.87. The molecule has 1 aliphatic heterocycles. The van der Waals surface area contributed by atoms with Gasteiger partial charge in [-0.1, -0.05) is 23.7 Å². The quantitative estimate of drug-likeness (QED) is 0.875. The Bertz CT molecular complexity index is 338. The second kappa shape index (κ2) is 5.17. The summed E-state index contributed by atoms with van der Waals surface area (Å²) in [6.07, 6.45) is 1.41. The third-order valence-electron chi connectivity index (χ3n) is 3.21. The lowest BCUT2D eigenvalue weighted by molar-refractivity contribution is 0.111. The fourth-order valence-electron chi connectivity index (χ4n) is 2.12. The third-order valence-corrected chi connectivity index (χ3v) is 3.46. The molecular weight excluding hydrogens is 222 g/mol. The van der Waals surface area contributed by atoms with Crippen molar-refractivity contribution in [2.75, 3.05) is 6.61 Å². The Morgan fingerprint density at radius 1 is 1.38 bits per heavy atom. The van der Waals surface area contributed by atoms with Crippen molar-refractivity contribution >= 4 is 11.6 Å². The molecule has 0 radical (unpaired) electrons. The Morgan fingerprint density at radius 3 is 2.62 bits per heavy atom. The van der Waals surface area contributed by atoms with Crippen molar-refractivity contribution in [3.63, 3.8) is 0 Å². The molecule has 3 atom stereocenters. The van der Waals surface area contributed by atoms with E-state index in [1.807, 2.05) is 12.1 Å². The number of rotatable bonds is 3. The van der Waals surface area contributed by atoms with E-state index < -0.39 is 0 Å². The van der Waals surface area contributed by atoms with Gasteiger partial charge in [-0.2, -0.15) is 0 Å². The Kier molecular flexibility index (Phi) is 3.85. The second-order valence-electron chi connectivity index (χ2n) is 4.41. The third kappa shape index (κ3) is 2.76. The van der Waals surface area contributed by atoms with Crippen LogP contribution in [0, 0.1) is 0 Å². The van der Waals surface area contributed by atoms with Crippen LogP contribution in [0.2, 0.25) is 5.02 Å². The Morgan fingerprint density at radius 2 is 2.06 bits per heavy atom. The molecule has 1 N–H and O–H groups in total. The van der Waals surface area contributed by atoms with Crippen LogP contribution >= 0.6 is 11.6 Å². The Hall–Kier alpha value is -0.570. The van der Waals surface area contributed by atoms with Gasteiger partial charge in [-0.25, -0.2) is 0 Å². The first-order chi connectivity index (χ1) is 7.66. The second-order valence-corrected chi connectivity index (χ2v) is 4.85. The van der Waals surface area contributed by atoms with Crippen molar-refractivity contribution in [3.8, 4) is 0 Å². The summed E-state index contributed by atoms with van der Waals surface area (Å²) < 4.78 is 5.54. The highest BCUT2D eigenvalue weighted by molar-refractivity contribution is 6.30. The summed E-state index contributed by atoms with van der Waals surface area (Å²) in [5, 5.41) is 4.38. The van der Waals surface area contributed by atoms with Crippen molar-refractivity contribution in [2.24, 2.45) is 0 Å². The molecule has 0 aliphatic carbocycles. The van der Waals surface area contributed by atoms with Crippen molar-refractivity contribution in [1.29, 1.82) is 0 Å². The maximum Gasteiger partial charge on any atom is 0.0700 e. The van der Waals surface area contributed by atoms with E-state index in [1.165, 1.54) is 5.56 Å². The van der Waals surface area contributed by atoms with Crippen LogP contribution in [0.15, 0.2) is 24.3 Å². The fourth-order valence-corrected chi connectivity index (χ4v) is 2.25. The highest BCUT2D eigenvalue weighted by atomic mass is 35.5. The lowest BCUT2D eigenvalue weighted by atomic mass is 10.1. The summed E-state index contributed by atoms with van der Waals surface area (Å²) in [6, 6.07) is 8.81. The van der Waals surface area contributed by atoms with Crippen LogP contribution in [-0.2, 0) is 4.74 Å². The summed E-state index contributed by atoms with van der Waals surface area (Å²) in [6.45, 7) is 5.17. The molecule has 0 bridgehead atoms. The number of halogens is 1. The van der Waals surface area contributed by atoms with Crippen molar-refractivity contribution < 1.29 is 4.74 Å². The van der Waals surface area contributed by atoms with Crippen LogP contribution in [0.3, 0.4) is 0 Å². The summed E-state index contributed by atoms with van der Waals surface area (Å²) in [7, 11) is 0. The topological polar surface area (TPSA) is 21.3 Å². The van der Waals surface area contributed by atoms with E-state index in [1.54, 1.807) is 0 Å². The number of benzene rings is 1. The van der Waals surface area contributed by atoms with Crippen molar-refractivity contribution in [3.05, 3.63) is 34.9 Å². The summed E-state index contributed by atoms with van der Waals surface area (Å²) in [5.41, 5.74) is 1.27. The minimum Gasteiger partial charge on any atom is -0.377 e. The molecule has 0 spiro atoms. The predicted octanol–water partition coefficient (Wildman–Crippen LogP) is 3.17. The minimum absolute atomic E-state index is 0.315. The van der Waals surface area contributed by atoms with Gasteiger partial charge in [0.2, 0.25) is 0 Å². The Balaban J connectivity index is 1.97. The standard InChI is InChI=1S/C13H18ClNO/c1-9(11-3-5-12(14)6-4-11)15-13-7-8-16-10(13)2/h3-6,9-10,13,15H,7-8H2,1-2H3/t9-,10?,13?/m1/s1. The van der Waals surface area contributed by atoms with E-state index in [0.717, 1.165) is 18.1 Å². The first-order valence-corrected chi connectivity index (χ1v) is 6.17. The van der Waals surface area contributed by atoms with Crippen molar-refractivity contribution in [2.45, 2.75) is 38.5 Å². The van der Waals surface area contributed by atoms with Gasteiger partial charge in [-0.3, -0.25) is 0 Å². The summed E-state index contributed by atoms with van der Waals surface area (Å²) in [4.78, 5) is 0. The molecular formula is C13H18ClNO. The highest BCUT2D eigenvalue weighted by Crippen LogP contribution is 2.20. The number of ether oxygens (including phenoxy) is 1. The maximum absolute atomic E-state index is 5.87. The molecule has 1 aromatic rings. The average molecular weight is 240 g/mol. The average Bonchev–Trinajstić information content (AvgIpc) is 2.65. The van der Waals surface area contributed by atoms with Crippen LogP contribution in [0.1, 0.15) is 31.9 Å². The molecule has 2 rings (SSSR count). The molecule has 3 heteroatoms. The van der Waals surface area contributed by atoms with Gasteiger partial charge < -0.3 is 10.1 Å². The molecule has 0 amide bonds. The van der Waals surface area contributed by atoms with Gasteiger partial charge in [0.1, 0.15) is 0 Å². The van der Waals surface area contributed by atoms with Gasteiger partial charge in [0.05, 0.1) is 6.10 Å². The van der Waals surface area contributed by atoms with Crippen LogP contribution in [0.4, 0.5) is 0 Å². The molecule has 2 nitrogen and oxygen atoms in total. The molecule has 2 unspecified atom stereocenters. The SMILES string of the molecule is CC1OCCC1N[C@H](C)c1ccc(Cl)cc1. The van der Waals surface area contributed by atoms with Crippen LogP contribution in [0.5, 0.6) is 0 Å². The molecule has 0 aromatic heterocycles. The van der Waals surface area contributed by atoms with Gasteiger partial charge in [0.25, 0.3) is 0 Å². The first-order valence-electron chi connectivity index (χ1n) is 5.80. The molecule has 1 fully saturated rings. The minimum atomic E-state index is 0.315. The van der Waals surface area contributed by atoms with E-state index >= 15 is 0 Å².